The topological polar surface area (TPSA) is 58.1 Å². The number of nitrogens with zero attached hydrogens (tertiary/aromatic N) is 3. The summed E-state index contributed by atoms with van der Waals surface area (Å²) >= 11 is 5.85. The molecule has 0 radical (unpaired) electrons. The lowest BCUT2D eigenvalue weighted by molar-refractivity contribution is -0.120. The Kier molecular flexibility index (Phi) is 4.53. The van der Waals surface area contributed by atoms with Crippen LogP contribution >= 0.6 is 11.6 Å². The molecule has 0 saturated carbocycles. The molecule has 0 aliphatic carbocycles. The normalized spacial score (nSPS) is 18.0. The fourth-order valence-corrected chi connectivity index (χ4v) is 2.73. The minimum Gasteiger partial charge on any atom is -0.340 e. The Morgan fingerprint density at radius 2 is 1.95 bits per heavy atom. The molecule has 1 amide bonds. The minimum atomic E-state index is -0.0618. The Bertz CT molecular complexity index is 632. The lowest BCUT2D eigenvalue weighted by atomic mass is 9.97. The second-order valence-electron chi connectivity index (χ2n) is 5.33. The number of hydrogen-bond acceptors (Lipinski definition) is 4. The van der Waals surface area contributed by atoms with Crippen LogP contribution in [0.25, 0.3) is 0 Å². The lowest BCUT2D eigenvalue weighted by Crippen LogP contribution is -2.41. The van der Waals surface area contributed by atoms with Crippen molar-refractivity contribution in [2.75, 3.05) is 23.3 Å². The van der Waals surface area contributed by atoms with Crippen molar-refractivity contribution in [3.05, 3.63) is 47.7 Å². The molecule has 1 aromatic heterocycles. The zero-order chi connectivity index (χ0) is 15.4. The van der Waals surface area contributed by atoms with Crippen molar-refractivity contribution in [2.24, 2.45) is 5.92 Å². The van der Waals surface area contributed by atoms with Gasteiger partial charge in [0.25, 0.3) is 0 Å². The van der Waals surface area contributed by atoms with Gasteiger partial charge in [0, 0.05) is 36.2 Å². The number of hydrogen-bond donors (Lipinski definition) is 1. The second-order valence-corrected chi connectivity index (χ2v) is 5.77. The molecule has 114 valence electrons. The molecule has 3 rings (SSSR count). The zero-order valence-electron chi connectivity index (χ0n) is 12.1. The third-order valence-electron chi connectivity index (χ3n) is 3.74. The van der Waals surface area contributed by atoms with E-state index in [1.165, 1.54) is 0 Å². The highest BCUT2D eigenvalue weighted by molar-refractivity contribution is 6.30. The van der Waals surface area contributed by atoms with Crippen LogP contribution in [0.2, 0.25) is 5.02 Å². The lowest BCUT2D eigenvalue weighted by Gasteiger charge is -2.31. The van der Waals surface area contributed by atoms with Crippen LogP contribution in [-0.2, 0) is 4.79 Å². The van der Waals surface area contributed by atoms with Gasteiger partial charge in [-0.3, -0.25) is 4.79 Å². The van der Waals surface area contributed by atoms with E-state index in [2.05, 4.69) is 20.2 Å². The Hall–Kier alpha value is -2.14. The van der Waals surface area contributed by atoms with E-state index in [1.54, 1.807) is 42.7 Å². The summed E-state index contributed by atoms with van der Waals surface area (Å²) in [5, 5.41) is 3.60. The molecule has 1 aromatic carbocycles. The van der Waals surface area contributed by atoms with Gasteiger partial charge in [0.1, 0.15) is 0 Å². The first-order valence-electron chi connectivity index (χ1n) is 7.31. The van der Waals surface area contributed by atoms with Gasteiger partial charge in [-0.15, -0.1) is 0 Å². The molecule has 1 fully saturated rings. The number of piperidine rings is 1. The minimum absolute atomic E-state index is 0.0305. The summed E-state index contributed by atoms with van der Waals surface area (Å²) < 4.78 is 0. The summed E-state index contributed by atoms with van der Waals surface area (Å²) in [6, 6.07) is 8.94. The Morgan fingerprint density at radius 1 is 1.23 bits per heavy atom. The third kappa shape index (κ3) is 3.54. The van der Waals surface area contributed by atoms with Gasteiger partial charge >= 0.3 is 0 Å². The van der Waals surface area contributed by atoms with Crippen molar-refractivity contribution in [2.45, 2.75) is 12.8 Å². The van der Waals surface area contributed by atoms with E-state index in [1.807, 2.05) is 0 Å². The molecule has 2 aromatic rings. The average Bonchev–Trinajstić information content (AvgIpc) is 2.58. The van der Waals surface area contributed by atoms with Crippen LogP contribution in [0.1, 0.15) is 12.8 Å². The fraction of sp³-hybridized carbons (Fsp3) is 0.312. The molecule has 22 heavy (non-hydrogen) atoms. The van der Waals surface area contributed by atoms with E-state index in [9.17, 15) is 4.79 Å². The van der Waals surface area contributed by atoms with Crippen LogP contribution in [0.5, 0.6) is 0 Å². The van der Waals surface area contributed by atoms with Crippen molar-refractivity contribution in [3.63, 3.8) is 0 Å². The molecule has 1 aliphatic heterocycles. The fourth-order valence-electron chi connectivity index (χ4n) is 2.60. The molecule has 1 aliphatic rings. The van der Waals surface area contributed by atoms with E-state index in [0.29, 0.717) is 17.5 Å². The highest BCUT2D eigenvalue weighted by Gasteiger charge is 2.27. The van der Waals surface area contributed by atoms with Gasteiger partial charge in [-0.25, -0.2) is 9.97 Å². The number of amides is 1. The smallest absolute Gasteiger partial charge is 0.229 e. The zero-order valence-corrected chi connectivity index (χ0v) is 12.8. The van der Waals surface area contributed by atoms with Crippen LogP contribution in [0.4, 0.5) is 11.6 Å². The van der Waals surface area contributed by atoms with Crippen molar-refractivity contribution in [1.82, 2.24) is 9.97 Å². The molecule has 1 atom stereocenters. The van der Waals surface area contributed by atoms with Crippen molar-refractivity contribution in [3.8, 4) is 0 Å². The summed E-state index contributed by atoms with van der Waals surface area (Å²) in [7, 11) is 0. The van der Waals surface area contributed by atoms with Crippen LogP contribution in [0.15, 0.2) is 42.7 Å². The summed E-state index contributed by atoms with van der Waals surface area (Å²) in [6.45, 7) is 1.53. The number of aromatic nitrogens is 2. The number of nitrogens with one attached hydrogen (secondary N) is 1. The number of halogens is 1. The van der Waals surface area contributed by atoms with Gasteiger partial charge in [-0.2, -0.15) is 0 Å². The standard InChI is InChI=1S/C16H17ClN4O/c17-13-4-6-14(7-5-13)20-15(22)12-3-1-10-21(11-12)16-18-8-2-9-19-16/h2,4-9,12H,1,3,10-11H2,(H,20,22). The Labute approximate surface area is 134 Å². The highest BCUT2D eigenvalue weighted by Crippen LogP contribution is 2.22. The monoisotopic (exact) mass is 316 g/mol. The van der Waals surface area contributed by atoms with E-state index in [0.717, 1.165) is 25.1 Å². The van der Waals surface area contributed by atoms with Crippen LogP contribution in [0.3, 0.4) is 0 Å². The highest BCUT2D eigenvalue weighted by atomic mass is 35.5. The molecular weight excluding hydrogens is 300 g/mol. The van der Waals surface area contributed by atoms with Gasteiger partial charge < -0.3 is 10.2 Å². The summed E-state index contributed by atoms with van der Waals surface area (Å²) in [5.41, 5.74) is 0.766. The summed E-state index contributed by atoms with van der Waals surface area (Å²) in [5.74, 6) is 0.655. The average molecular weight is 317 g/mol. The molecular formula is C16H17ClN4O. The maximum Gasteiger partial charge on any atom is 0.229 e. The molecule has 1 saturated heterocycles. The van der Waals surface area contributed by atoms with Crippen molar-refractivity contribution >= 4 is 29.1 Å². The van der Waals surface area contributed by atoms with Gasteiger partial charge in [-0.1, -0.05) is 11.6 Å². The summed E-state index contributed by atoms with van der Waals surface area (Å²) in [4.78, 5) is 23.0. The van der Waals surface area contributed by atoms with Crippen molar-refractivity contribution in [1.29, 1.82) is 0 Å². The largest absolute Gasteiger partial charge is 0.340 e. The maximum atomic E-state index is 12.4. The van der Waals surface area contributed by atoms with Gasteiger partial charge in [0.05, 0.1) is 5.92 Å². The number of rotatable bonds is 3. The van der Waals surface area contributed by atoms with Crippen LogP contribution < -0.4 is 10.2 Å². The number of benzene rings is 1. The molecule has 6 heteroatoms. The number of anilines is 2. The molecule has 5 nitrogen and oxygen atoms in total. The predicted molar refractivity (Wildman–Crippen MR) is 87.1 cm³/mol. The molecule has 0 bridgehead atoms. The van der Waals surface area contributed by atoms with Gasteiger partial charge in [-0.05, 0) is 43.2 Å². The first-order chi connectivity index (χ1) is 10.7. The molecule has 0 spiro atoms. The molecule has 2 heterocycles. The maximum absolute atomic E-state index is 12.4. The first-order valence-corrected chi connectivity index (χ1v) is 7.68. The predicted octanol–water partition coefficient (Wildman–Crippen LogP) is 2.99. The van der Waals surface area contributed by atoms with E-state index < -0.39 is 0 Å². The quantitative estimate of drug-likeness (QED) is 0.945. The van der Waals surface area contributed by atoms with E-state index in [4.69, 9.17) is 11.6 Å². The van der Waals surface area contributed by atoms with Gasteiger partial charge in [0.15, 0.2) is 0 Å². The van der Waals surface area contributed by atoms with Crippen LogP contribution in [0, 0.1) is 5.92 Å². The first kappa shape index (κ1) is 14.8. The van der Waals surface area contributed by atoms with Crippen molar-refractivity contribution < 1.29 is 4.79 Å². The van der Waals surface area contributed by atoms with E-state index in [-0.39, 0.29) is 11.8 Å². The Balaban J connectivity index is 1.64. The third-order valence-corrected chi connectivity index (χ3v) is 3.99. The van der Waals surface area contributed by atoms with Gasteiger partial charge in [0.2, 0.25) is 11.9 Å². The Morgan fingerprint density at radius 3 is 2.68 bits per heavy atom. The number of carbonyl (C=O) groups is 1. The van der Waals surface area contributed by atoms with Crippen LogP contribution in [-0.4, -0.2) is 29.0 Å². The molecule has 1 unspecified atom stereocenters. The second kappa shape index (κ2) is 6.75. The summed E-state index contributed by atoms with van der Waals surface area (Å²) in [6.07, 6.45) is 5.28. The van der Waals surface area contributed by atoms with E-state index >= 15 is 0 Å². The molecule has 1 N–H and O–H groups in total. The number of carbonyl (C=O) groups excluding carboxylic acids is 1. The SMILES string of the molecule is O=C(Nc1ccc(Cl)cc1)C1CCCN(c2ncccn2)C1.